The Bertz CT molecular complexity index is 323. The fraction of sp³-hybridized carbons (Fsp3) is 0.125. The number of hydrogen-bond acceptors (Lipinski definition) is 2. The van der Waals surface area contributed by atoms with E-state index in [1.165, 1.54) is 4.70 Å². The van der Waals surface area contributed by atoms with Crippen LogP contribution in [0.2, 0.25) is 0 Å². The van der Waals surface area contributed by atoms with E-state index in [2.05, 4.69) is 11.1 Å². The monoisotopic (exact) mass is 233 g/mol. The Morgan fingerprint density at radius 3 is 3.09 bits per heavy atom. The Labute approximate surface area is 119 Å². The van der Waals surface area contributed by atoms with Gasteiger partial charge in [-0.3, -0.25) is 4.98 Å². The molecule has 0 saturated heterocycles. The first kappa shape index (κ1) is 10.00. The molecule has 0 saturated carbocycles. The molecule has 1 aromatic heterocycles. The molecular weight excluding hydrogens is 228 g/mol. The van der Waals surface area contributed by atoms with Crippen molar-refractivity contribution >= 4 is 21.6 Å². The minimum absolute atomic E-state index is 0. The molecule has 1 aromatic carbocycles. The summed E-state index contributed by atoms with van der Waals surface area (Å²) in [6.07, 6.45) is 0. The predicted octanol–water partition coefficient (Wildman–Crippen LogP) is -0.591. The number of rotatable bonds is 0. The van der Waals surface area contributed by atoms with Crippen molar-refractivity contribution in [2.75, 3.05) is 0 Å². The Morgan fingerprint density at radius 1 is 1.55 bits per heavy atom. The number of hydrogen-bond donors (Lipinski definition) is 0. The molecule has 0 aliphatic heterocycles. The maximum atomic E-state index is 4.31. The summed E-state index contributed by atoms with van der Waals surface area (Å²) in [5.41, 5.74) is 1.08. The van der Waals surface area contributed by atoms with Gasteiger partial charge in [0.05, 0.1) is 5.01 Å². The zero-order valence-electron chi connectivity index (χ0n) is 6.59. The van der Waals surface area contributed by atoms with Crippen LogP contribution in [0.15, 0.2) is 18.2 Å². The van der Waals surface area contributed by atoms with E-state index in [-0.39, 0.29) is 58.2 Å². The van der Waals surface area contributed by atoms with Gasteiger partial charge >= 0.3 is 58.2 Å². The summed E-state index contributed by atoms with van der Waals surface area (Å²) in [5.74, 6) is 0. The van der Waals surface area contributed by atoms with Crippen LogP contribution in [-0.2, 0) is 0 Å². The summed E-state index contributed by atoms with van der Waals surface area (Å²) in [4.78, 5) is 4.31. The van der Waals surface area contributed by atoms with Gasteiger partial charge in [-0.25, -0.2) is 0 Å². The van der Waals surface area contributed by atoms with Gasteiger partial charge in [0, 0.05) is 0 Å². The quantitative estimate of drug-likeness (QED) is 0.555. The number of thiazole rings is 1. The van der Waals surface area contributed by atoms with Gasteiger partial charge in [-0.2, -0.15) is 29.5 Å². The molecule has 0 aliphatic rings. The molecule has 3 heteroatoms. The summed E-state index contributed by atoms with van der Waals surface area (Å²) in [6.45, 7) is 2.02. The number of aryl methyl sites for hydroxylation is 1. The van der Waals surface area contributed by atoms with Crippen LogP contribution in [0.5, 0.6) is 0 Å². The van der Waals surface area contributed by atoms with E-state index in [1.807, 2.05) is 25.1 Å². The van der Waals surface area contributed by atoms with E-state index in [4.69, 9.17) is 0 Å². The molecule has 2 rings (SSSR count). The summed E-state index contributed by atoms with van der Waals surface area (Å²) < 4.78 is 1.22. The van der Waals surface area contributed by atoms with Gasteiger partial charge in [-0.05, 0) is 12.4 Å². The van der Waals surface area contributed by atoms with Crippen LogP contribution in [0.4, 0.5) is 0 Å². The van der Waals surface area contributed by atoms with Crippen LogP contribution in [0.25, 0.3) is 10.2 Å². The molecule has 0 radical (unpaired) electrons. The maximum absolute atomic E-state index is 4.31. The second kappa shape index (κ2) is 4.24. The van der Waals surface area contributed by atoms with Crippen LogP contribution < -0.4 is 58.2 Å². The van der Waals surface area contributed by atoms with Gasteiger partial charge in [-0.15, -0.1) is 6.07 Å². The minimum atomic E-state index is 0. The molecule has 0 spiro atoms. The smallest absolute Gasteiger partial charge is 0.269 e. The fourth-order valence-electron chi connectivity index (χ4n) is 0.933. The second-order valence-corrected chi connectivity index (χ2v) is 3.36. The van der Waals surface area contributed by atoms with Crippen molar-refractivity contribution in [3.05, 3.63) is 29.3 Å². The molecule has 0 N–H and O–H groups in total. The first-order valence-electron chi connectivity index (χ1n) is 3.09. The Morgan fingerprint density at radius 2 is 2.36 bits per heavy atom. The van der Waals surface area contributed by atoms with E-state index < -0.39 is 0 Å². The molecule has 50 valence electrons. The molecule has 2 aromatic rings. The fourth-order valence-corrected chi connectivity index (χ4v) is 1.74. The zero-order valence-corrected chi connectivity index (χ0v) is 12.3. The predicted molar refractivity (Wildman–Crippen MR) is 43.2 cm³/mol. The van der Waals surface area contributed by atoms with Gasteiger partial charge in [-0.1, -0.05) is 4.70 Å². The van der Waals surface area contributed by atoms with E-state index in [9.17, 15) is 0 Å². The Balaban J connectivity index is 0.000000605. The topological polar surface area (TPSA) is 12.9 Å². The molecular formula is C8H6NRbS. The van der Waals surface area contributed by atoms with Gasteiger partial charge in [0.1, 0.15) is 0 Å². The largest absolute Gasteiger partial charge is 1.00 e. The van der Waals surface area contributed by atoms with Crippen LogP contribution in [-0.4, -0.2) is 4.98 Å². The van der Waals surface area contributed by atoms with Crippen molar-refractivity contribution in [3.8, 4) is 0 Å². The van der Waals surface area contributed by atoms with Crippen molar-refractivity contribution in [2.45, 2.75) is 6.92 Å². The zero-order chi connectivity index (χ0) is 6.97. The third-order valence-corrected chi connectivity index (χ3v) is 2.27. The Hall–Kier alpha value is 0.915. The molecule has 1 nitrogen and oxygen atoms in total. The average Bonchev–Trinajstić information content (AvgIpc) is 2.27. The second-order valence-electron chi connectivity index (χ2n) is 2.13. The number of fused-ring (bicyclic) bond motifs is 1. The maximum Gasteiger partial charge on any atom is 1.00 e. The summed E-state index contributed by atoms with van der Waals surface area (Å²) in [7, 11) is 0. The van der Waals surface area contributed by atoms with Crippen molar-refractivity contribution in [2.24, 2.45) is 0 Å². The molecule has 0 unspecified atom stereocenters. The molecule has 1 heterocycles. The Kier molecular flexibility index (Phi) is 3.85. The van der Waals surface area contributed by atoms with E-state index in [0.29, 0.717) is 0 Å². The number of nitrogens with zero attached hydrogens (tertiary/aromatic N) is 1. The molecule has 11 heavy (non-hydrogen) atoms. The first-order chi connectivity index (χ1) is 4.86. The van der Waals surface area contributed by atoms with Crippen molar-refractivity contribution in [1.29, 1.82) is 0 Å². The van der Waals surface area contributed by atoms with Gasteiger partial charge < -0.3 is 0 Å². The van der Waals surface area contributed by atoms with Gasteiger partial charge in [0.25, 0.3) is 0 Å². The van der Waals surface area contributed by atoms with E-state index in [1.54, 1.807) is 11.3 Å². The molecule has 0 amide bonds. The van der Waals surface area contributed by atoms with E-state index >= 15 is 0 Å². The first-order valence-corrected chi connectivity index (χ1v) is 3.91. The SMILES string of the molecule is Cc1nc2cc[c-]cc2s1.[Rb+]. The molecule has 0 atom stereocenters. The molecule has 0 fully saturated rings. The van der Waals surface area contributed by atoms with Crippen molar-refractivity contribution < 1.29 is 58.2 Å². The van der Waals surface area contributed by atoms with Gasteiger partial charge in [0.2, 0.25) is 0 Å². The number of aromatic nitrogens is 1. The van der Waals surface area contributed by atoms with Crippen LogP contribution in [0, 0.1) is 13.0 Å². The van der Waals surface area contributed by atoms with Crippen molar-refractivity contribution in [3.63, 3.8) is 0 Å². The number of benzene rings is 1. The molecule has 0 bridgehead atoms. The van der Waals surface area contributed by atoms with Crippen LogP contribution >= 0.6 is 11.3 Å². The summed E-state index contributed by atoms with van der Waals surface area (Å²) in [5, 5.41) is 1.12. The average molecular weight is 234 g/mol. The minimum Gasteiger partial charge on any atom is -0.269 e. The van der Waals surface area contributed by atoms with Crippen LogP contribution in [0.3, 0.4) is 0 Å². The normalized spacial score (nSPS) is 9.55. The third kappa shape index (κ3) is 2.19. The van der Waals surface area contributed by atoms with Crippen molar-refractivity contribution in [1.82, 2.24) is 4.98 Å². The molecule has 0 aliphatic carbocycles. The summed E-state index contributed by atoms with van der Waals surface area (Å²) >= 11 is 1.71. The van der Waals surface area contributed by atoms with Crippen LogP contribution in [0.1, 0.15) is 5.01 Å². The summed E-state index contributed by atoms with van der Waals surface area (Å²) in [6, 6.07) is 8.87. The van der Waals surface area contributed by atoms with Gasteiger partial charge in [0.15, 0.2) is 0 Å². The third-order valence-electron chi connectivity index (χ3n) is 1.34. The standard InChI is InChI=1S/C8H6NS.Rb/c1-6-9-7-4-2-3-5-8(7)10-6;/h2,4-5H,1H3;/q-1;+1. The van der Waals surface area contributed by atoms with E-state index in [0.717, 1.165) is 10.5 Å².